The zero-order chi connectivity index (χ0) is 16.0. The Morgan fingerprint density at radius 2 is 2.22 bits per heavy atom. The molecule has 0 atom stereocenters. The number of benzene rings is 1. The molecule has 0 amide bonds. The van der Waals surface area contributed by atoms with Crippen LogP contribution < -0.4 is 0 Å². The smallest absolute Gasteiger partial charge is 0.0562 e. The topological polar surface area (TPSA) is 36.9 Å². The number of aromatic amines is 1. The molecule has 1 aromatic carbocycles. The van der Waals surface area contributed by atoms with Gasteiger partial charge in [0.05, 0.1) is 11.7 Å². The Hall–Kier alpha value is -2.33. The van der Waals surface area contributed by atoms with Crippen molar-refractivity contribution in [2.45, 2.75) is 26.8 Å². The van der Waals surface area contributed by atoms with Crippen LogP contribution in [-0.4, -0.2) is 33.3 Å². The van der Waals surface area contributed by atoms with Gasteiger partial charge in [-0.3, -0.25) is 5.10 Å². The maximum absolute atomic E-state index is 4.06. The van der Waals surface area contributed by atoms with Gasteiger partial charge in [0, 0.05) is 48.6 Å². The Bertz CT molecular complexity index is 884. The summed E-state index contributed by atoms with van der Waals surface area (Å²) in [6.07, 6.45) is 7.17. The van der Waals surface area contributed by atoms with Gasteiger partial charge in [0.25, 0.3) is 0 Å². The monoisotopic (exact) mass is 306 g/mol. The Morgan fingerprint density at radius 3 is 3.00 bits per heavy atom. The van der Waals surface area contributed by atoms with E-state index >= 15 is 0 Å². The van der Waals surface area contributed by atoms with Crippen molar-refractivity contribution in [1.82, 2.24) is 19.7 Å². The summed E-state index contributed by atoms with van der Waals surface area (Å²) in [5.41, 5.74) is 7.92. The summed E-state index contributed by atoms with van der Waals surface area (Å²) in [5, 5.41) is 8.35. The van der Waals surface area contributed by atoms with Gasteiger partial charge in [0.15, 0.2) is 0 Å². The van der Waals surface area contributed by atoms with Crippen molar-refractivity contribution in [3.05, 3.63) is 53.0 Å². The molecule has 3 heterocycles. The highest BCUT2D eigenvalue weighted by Crippen LogP contribution is 2.32. The zero-order valence-corrected chi connectivity index (χ0v) is 13.9. The first-order valence-corrected chi connectivity index (χ1v) is 8.12. The van der Waals surface area contributed by atoms with Crippen LogP contribution in [0.15, 0.2) is 30.6 Å². The van der Waals surface area contributed by atoms with Crippen molar-refractivity contribution in [3.63, 3.8) is 0 Å². The van der Waals surface area contributed by atoms with E-state index in [1.807, 2.05) is 12.4 Å². The molecule has 4 nitrogen and oxygen atoms in total. The minimum absolute atomic E-state index is 1.03. The molecule has 0 aliphatic carbocycles. The van der Waals surface area contributed by atoms with Crippen LogP contribution in [0.1, 0.15) is 29.3 Å². The second-order valence-corrected chi connectivity index (χ2v) is 6.60. The number of likely N-dealkylation sites (N-methyl/N-ethyl adjacent to an activating group) is 1. The fourth-order valence-corrected chi connectivity index (χ4v) is 3.52. The molecule has 0 fully saturated rings. The van der Waals surface area contributed by atoms with E-state index in [1.165, 1.54) is 33.3 Å². The molecule has 1 N–H and O–H groups in total. The lowest BCUT2D eigenvalue weighted by molar-refractivity contribution is 0.312. The fourth-order valence-electron chi connectivity index (χ4n) is 3.52. The minimum atomic E-state index is 1.03. The van der Waals surface area contributed by atoms with Gasteiger partial charge in [0.1, 0.15) is 0 Å². The SMILES string of the molecule is C/C(=C\n1c2c(c3cc(C)ccc31)CN(C)CC2)c1cn[nH]c1. The molecule has 23 heavy (non-hydrogen) atoms. The summed E-state index contributed by atoms with van der Waals surface area (Å²) in [6, 6.07) is 6.78. The molecule has 0 saturated carbocycles. The largest absolute Gasteiger partial charge is 0.320 e. The van der Waals surface area contributed by atoms with E-state index in [9.17, 15) is 0 Å². The highest BCUT2D eigenvalue weighted by molar-refractivity contribution is 5.90. The summed E-state index contributed by atoms with van der Waals surface area (Å²) in [7, 11) is 2.20. The molecule has 118 valence electrons. The average molecular weight is 306 g/mol. The molecule has 0 saturated heterocycles. The number of rotatable bonds is 2. The van der Waals surface area contributed by atoms with Crippen LogP contribution in [-0.2, 0) is 13.0 Å². The molecule has 0 radical (unpaired) electrons. The third kappa shape index (κ3) is 2.39. The molecule has 4 heteroatoms. The van der Waals surface area contributed by atoms with Gasteiger partial charge < -0.3 is 9.47 Å². The maximum Gasteiger partial charge on any atom is 0.0562 e. The Morgan fingerprint density at radius 1 is 1.35 bits per heavy atom. The summed E-state index contributed by atoms with van der Waals surface area (Å²) < 4.78 is 2.39. The van der Waals surface area contributed by atoms with Crippen molar-refractivity contribution in [3.8, 4) is 0 Å². The fraction of sp³-hybridized carbons (Fsp3) is 0.316. The lowest BCUT2D eigenvalue weighted by Crippen LogP contribution is -2.26. The van der Waals surface area contributed by atoms with Gasteiger partial charge in [-0.25, -0.2) is 0 Å². The molecule has 4 rings (SSSR count). The number of hydrogen-bond donors (Lipinski definition) is 1. The van der Waals surface area contributed by atoms with Crippen LogP contribution >= 0.6 is 0 Å². The minimum Gasteiger partial charge on any atom is -0.320 e. The highest BCUT2D eigenvalue weighted by Gasteiger charge is 2.21. The summed E-state index contributed by atoms with van der Waals surface area (Å²) in [4.78, 5) is 2.40. The Balaban J connectivity index is 1.94. The van der Waals surface area contributed by atoms with Crippen molar-refractivity contribution in [2.24, 2.45) is 0 Å². The van der Waals surface area contributed by atoms with Gasteiger partial charge in [0.2, 0.25) is 0 Å². The zero-order valence-electron chi connectivity index (χ0n) is 13.9. The second kappa shape index (κ2) is 5.39. The molecule has 3 aromatic rings. The predicted molar refractivity (Wildman–Crippen MR) is 95.1 cm³/mol. The maximum atomic E-state index is 4.06. The van der Waals surface area contributed by atoms with Crippen LogP contribution in [0.2, 0.25) is 0 Å². The number of aromatic nitrogens is 3. The van der Waals surface area contributed by atoms with E-state index in [1.54, 1.807) is 0 Å². The van der Waals surface area contributed by atoms with E-state index in [0.29, 0.717) is 0 Å². The summed E-state index contributed by atoms with van der Waals surface area (Å²) >= 11 is 0. The third-order valence-corrected chi connectivity index (χ3v) is 4.81. The number of aryl methyl sites for hydroxylation is 1. The van der Waals surface area contributed by atoms with Crippen molar-refractivity contribution < 1.29 is 0 Å². The van der Waals surface area contributed by atoms with Gasteiger partial charge in [-0.15, -0.1) is 0 Å². The molecule has 1 aliphatic heterocycles. The van der Waals surface area contributed by atoms with Gasteiger partial charge in [-0.2, -0.15) is 5.10 Å². The highest BCUT2D eigenvalue weighted by atomic mass is 15.1. The lowest BCUT2D eigenvalue weighted by atomic mass is 10.0. The van der Waals surface area contributed by atoms with Crippen LogP contribution in [0.3, 0.4) is 0 Å². The van der Waals surface area contributed by atoms with Crippen molar-refractivity contribution >= 4 is 22.7 Å². The number of H-pyrrole nitrogens is 1. The van der Waals surface area contributed by atoms with Crippen LogP contribution in [0.4, 0.5) is 0 Å². The van der Waals surface area contributed by atoms with Crippen molar-refractivity contribution in [1.29, 1.82) is 0 Å². The molecule has 1 aliphatic rings. The molecule has 0 unspecified atom stereocenters. The Kier molecular flexibility index (Phi) is 3.34. The number of nitrogens with zero attached hydrogens (tertiary/aromatic N) is 3. The van der Waals surface area contributed by atoms with E-state index in [-0.39, 0.29) is 0 Å². The first-order valence-electron chi connectivity index (χ1n) is 8.12. The molecular formula is C19H22N4. The molecular weight excluding hydrogens is 284 g/mol. The number of fused-ring (bicyclic) bond motifs is 3. The number of allylic oxidation sites excluding steroid dienone is 1. The first-order chi connectivity index (χ1) is 11.1. The molecule has 2 aromatic heterocycles. The average Bonchev–Trinajstić information content (AvgIpc) is 3.15. The van der Waals surface area contributed by atoms with E-state index in [2.05, 4.69) is 65.0 Å². The predicted octanol–water partition coefficient (Wildman–Crippen LogP) is 3.68. The van der Waals surface area contributed by atoms with Gasteiger partial charge in [-0.05, 0) is 44.2 Å². The number of nitrogens with one attached hydrogen (secondary N) is 1. The first kappa shape index (κ1) is 14.3. The second-order valence-electron chi connectivity index (χ2n) is 6.60. The summed E-state index contributed by atoms with van der Waals surface area (Å²) in [6.45, 7) is 6.45. The molecule has 0 bridgehead atoms. The summed E-state index contributed by atoms with van der Waals surface area (Å²) in [5.74, 6) is 0. The van der Waals surface area contributed by atoms with Crippen LogP contribution in [0.25, 0.3) is 22.7 Å². The number of hydrogen-bond acceptors (Lipinski definition) is 2. The van der Waals surface area contributed by atoms with E-state index in [4.69, 9.17) is 0 Å². The third-order valence-electron chi connectivity index (χ3n) is 4.81. The van der Waals surface area contributed by atoms with Gasteiger partial charge >= 0.3 is 0 Å². The van der Waals surface area contributed by atoms with Crippen molar-refractivity contribution in [2.75, 3.05) is 13.6 Å². The molecule has 0 spiro atoms. The Labute approximate surface area is 136 Å². The lowest BCUT2D eigenvalue weighted by Gasteiger charge is -2.23. The quantitative estimate of drug-likeness (QED) is 0.784. The standard InChI is InChI=1S/C19H22N4/c1-13-4-5-18-16(8-13)17-12-22(3)7-6-19(17)23(18)11-14(2)15-9-20-21-10-15/h4-5,8-11H,6-7,12H2,1-3H3,(H,20,21)/b14-11+. The van der Waals surface area contributed by atoms with E-state index in [0.717, 1.165) is 25.1 Å². The van der Waals surface area contributed by atoms with Crippen LogP contribution in [0.5, 0.6) is 0 Å². The van der Waals surface area contributed by atoms with Crippen LogP contribution in [0, 0.1) is 6.92 Å². The normalized spacial score (nSPS) is 16.0. The van der Waals surface area contributed by atoms with Gasteiger partial charge in [-0.1, -0.05) is 11.6 Å². The van der Waals surface area contributed by atoms with E-state index < -0.39 is 0 Å².